The second kappa shape index (κ2) is 7.48. The first-order valence-electron chi connectivity index (χ1n) is 8.71. The van der Waals surface area contributed by atoms with Gasteiger partial charge >= 0.3 is 0 Å². The highest BCUT2D eigenvalue weighted by Gasteiger charge is 2.46. The summed E-state index contributed by atoms with van der Waals surface area (Å²) < 4.78 is 30.2. The van der Waals surface area contributed by atoms with Gasteiger partial charge in [0.1, 0.15) is 10.2 Å². The summed E-state index contributed by atoms with van der Waals surface area (Å²) >= 11 is 13.5. The minimum atomic E-state index is -1.48. The lowest BCUT2D eigenvalue weighted by Crippen LogP contribution is -2.45. The Kier molecular flexibility index (Phi) is 5.38. The molecule has 0 N–H and O–H groups in total. The Morgan fingerprint density at radius 2 is 2.04 bits per heavy atom. The number of benzene rings is 1. The predicted octanol–water partition coefficient (Wildman–Crippen LogP) is 5.26. The van der Waals surface area contributed by atoms with E-state index in [1.807, 2.05) is 10.4 Å². The lowest BCUT2D eigenvalue weighted by Gasteiger charge is -2.39. The quantitative estimate of drug-likeness (QED) is 0.600. The van der Waals surface area contributed by atoms with Crippen molar-refractivity contribution in [2.24, 2.45) is 0 Å². The molecule has 1 fully saturated rings. The predicted molar refractivity (Wildman–Crippen MR) is 112 cm³/mol. The van der Waals surface area contributed by atoms with Crippen molar-refractivity contribution in [2.45, 2.75) is 23.2 Å². The molecule has 1 spiro atoms. The summed E-state index contributed by atoms with van der Waals surface area (Å²) in [7, 11) is -1.48. The maximum absolute atomic E-state index is 14.1. The molecule has 1 saturated heterocycles. The third-order valence-electron chi connectivity index (χ3n) is 5.46. The zero-order valence-electron chi connectivity index (χ0n) is 14.6. The Hall–Kier alpha value is -0.920. The van der Waals surface area contributed by atoms with Gasteiger partial charge in [0.15, 0.2) is 11.0 Å². The summed E-state index contributed by atoms with van der Waals surface area (Å²) in [5.41, 5.74) is 1.58. The molecular formula is C19H19Cl2FN2OS2. The number of piperidine rings is 1. The molecule has 27 heavy (non-hydrogen) atoms. The summed E-state index contributed by atoms with van der Waals surface area (Å²) in [6.45, 7) is 7.07. The Balaban J connectivity index is 1.69. The van der Waals surface area contributed by atoms with E-state index in [4.69, 9.17) is 23.2 Å². The molecule has 3 heterocycles. The van der Waals surface area contributed by atoms with Crippen LogP contribution in [0.5, 0.6) is 0 Å². The largest absolute Gasteiger partial charge is 0.300 e. The number of fused-ring (bicyclic) bond motifs is 2. The monoisotopic (exact) mass is 444 g/mol. The molecule has 8 heteroatoms. The first kappa shape index (κ1) is 19.4. The summed E-state index contributed by atoms with van der Waals surface area (Å²) in [6.07, 6.45) is 3.69. The molecule has 0 bridgehead atoms. The number of rotatable bonds is 4. The summed E-state index contributed by atoms with van der Waals surface area (Å²) in [4.78, 5) is 2.86. The standard InChI is InChI=1S/C19H19Cl2FN2OS2/c1-2-7-23-8-5-19(6-9-23)12-24(15-4-3-13(22)10-14(15)19)27(25)16-11-17(20)26-18(16)21/h2-4,10-11H,1,5-9,12H2. The van der Waals surface area contributed by atoms with Gasteiger partial charge in [0.25, 0.3) is 0 Å². The van der Waals surface area contributed by atoms with Crippen molar-refractivity contribution in [1.82, 2.24) is 4.90 Å². The maximum Gasteiger partial charge on any atom is 0.155 e. The van der Waals surface area contributed by atoms with E-state index in [0.29, 0.717) is 20.1 Å². The highest BCUT2D eigenvalue weighted by molar-refractivity contribution is 7.86. The number of anilines is 1. The van der Waals surface area contributed by atoms with E-state index in [0.717, 1.165) is 43.7 Å². The molecule has 0 saturated carbocycles. The van der Waals surface area contributed by atoms with Gasteiger partial charge in [-0.05, 0) is 55.8 Å². The molecule has 0 aliphatic carbocycles. The Morgan fingerprint density at radius 1 is 1.30 bits per heavy atom. The highest BCUT2D eigenvalue weighted by Crippen LogP contribution is 2.49. The van der Waals surface area contributed by atoms with E-state index >= 15 is 0 Å². The molecule has 1 aromatic heterocycles. The van der Waals surface area contributed by atoms with Gasteiger partial charge in [0, 0.05) is 18.5 Å². The zero-order valence-corrected chi connectivity index (χ0v) is 17.7. The molecule has 2 aliphatic rings. The van der Waals surface area contributed by atoms with Crippen molar-refractivity contribution in [3.05, 3.63) is 57.0 Å². The summed E-state index contributed by atoms with van der Waals surface area (Å²) in [5.74, 6) is -0.258. The zero-order chi connectivity index (χ0) is 19.2. The number of thiophene rings is 1. The van der Waals surface area contributed by atoms with Crippen molar-refractivity contribution >= 4 is 51.2 Å². The highest BCUT2D eigenvalue weighted by atomic mass is 35.5. The lowest BCUT2D eigenvalue weighted by atomic mass is 9.74. The van der Waals surface area contributed by atoms with Crippen LogP contribution in [0.2, 0.25) is 8.67 Å². The van der Waals surface area contributed by atoms with Gasteiger partial charge in [0.2, 0.25) is 0 Å². The first-order valence-corrected chi connectivity index (χ1v) is 11.4. The number of hydrogen-bond acceptors (Lipinski definition) is 3. The van der Waals surface area contributed by atoms with Gasteiger partial charge in [-0.2, -0.15) is 0 Å². The molecule has 4 rings (SSSR count). The Bertz CT molecular complexity index is 909. The molecule has 1 atom stereocenters. The molecule has 0 amide bonds. The average Bonchev–Trinajstić information content (AvgIpc) is 3.14. The van der Waals surface area contributed by atoms with E-state index < -0.39 is 11.0 Å². The fraction of sp³-hybridized carbons (Fsp3) is 0.368. The molecular weight excluding hydrogens is 426 g/mol. The van der Waals surface area contributed by atoms with Crippen molar-refractivity contribution < 1.29 is 8.60 Å². The molecule has 1 unspecified atom stereocenters. The van der Waals surface area contributed by atoms with Gasteiger partial charge < -0.3 is 0 Å². The van der Waals surface area contributed by atoms with Crippen LogP contribution in [0.3, 0.4) is 0 Å². The fourth-order valence-corrected chi connectivity index (χ4v) is 7.32. The maximum atomic E-state index is 14.1. The van der Waals surface area contributed by atoms with Crippen LogP contribution in [0.4, 0.5) is 10.1 Å². The van der Waals surface area contributed by atoms with E-state index in [1.54, 1.807) is 18.2 Å². The van der Waals surface area contributed by atoms with Crippen LogP contribution in [0.25, 0.3) is 0 Å². The van der Waals surface area contributed by atoms with Crippen LogP contribution in [-0.2, 0) is 16.4 Å². The van der Waals surface area contributed by atoms with Crippen LogP contribution in [0.1, 0.15) is 18.4 Å². The fourth-order valence-electron chi connectivity index (χ4n) is 4.08. The average molecular weight is 445 g/mol. The minimum Gasteiger partial charge on any atom is -0.300 e. The third kappa shape index (κ3) is 3.47. The van der Waals surface area contributed by atoms with Crippen LogP contribution in [-0.4, -0.2) is 35.3 Å². The van der Waals surface area contributed by atoms with Crippen LogP contribution in [0.15, 0.2) is 41.8 Å². The first-order chi connectivity index (χ1) is 12.9. The Morgan fingerprint density at radius 3 is 2.67 bits per heavy atom. The van der Waals surface area contributed by atoms with E-state index in [1.165, 1.54) is 17.4 Å². The lowest BCUT2D eigenvalue weighted by molar-refractivity contribution is 0.182. The van der Waals surface area contributed by atoms with E-state index in [2.05, 4.69) is 11.5 Å². The number of likely N-dealkylation sites (tertiary alicyclic amines) is 1. The van der Waals surface area contributed by atoms with E-state index in [9.17, 15) is 8.60 Å². The molecule has 2 aromatic rings. The second-order valence-electron chi connectivity index (χ2n) is 7.01. The van der Waals surface area contributed by atoms with E-state index in [-0.39, 0.29) is 11.2 Å². The number of hydrogen-bond donors (Lipinski definition) is 0. The SMILES string of the molecule is C=CCN1CCC2(CC1)CN(S(=O)c1cc(Cl)sc1Cl)c1ccc(F)cc12. The third-order valence-corrected chi connectivity index (χ3v) is 8.61. The summed E-state index contributed by atoms with van der Waals surface area (Å²) in [6, 6.07) is 6.43. The topological polar surface area (TPSA) is 23.6 Å². The van der Waals surface area contributed by atoms with Gasteiger partial charge in [-0.25, -0.2) is 8.60 Å². The van der Waals surface area contributed by atoms with Crippen LogP contribution >= 0.6 is 34.5 Å². The molecule has 2 aliphatic heterocycles. The van der Waals surface area contributed by atoms with Gasteiger partial charge in [0.05, 0.1) is 14.9 Å². The van der Waals surface area contributed by atoms with Gasteiger partial charge in [-0.3, -0.25) is 9.21 Å². The molecule has 144 valence electrons. The number of halogens is 3. The van der Waals surface area contributed by atoms with Crippen molar-refractivity contribution in [3.8, 4) is 0 Å². The van der Waals surface area contributed by atoms with Crippen LogP contribution < -0.4 is 4.31 Å². The number of nitrogens with zero attached hydrogens (tertiary/aromatic N) is 2. The van der Waals surface area contributed by atoms with Crippen molar-refractivity contribution in [2.75, 3.05) is 30.5 Å². The molecule has 3 nitrogen and oxygen atoms in total. The van der Waals surface area contributed by atoms with Crippen LogP contribution in [0, 0.1) is 5.82 Å². The summed E-state index contributed by atoms with van der Waals surface area (Å²) in [5, 5.41) is 0. The molecule has 0 radical (unpaired) electrons. The van der Waals surface area contributed by atoms with Crippen molar-refractivity contribution in [3.63, 3.8) is 0 Å². The Labute approximate surface area is 175 Å². The molecule has 1 aromatic carbocycles. The second-order valence-corrected chi connectivity index (χ2v) is 10.7. The van der Waals surface area contributed by atoms with Crippen molar-refractivity contribution in [1.29, 1.82) is 0 Å². The van der Waals surface area contributed by atoms with Gasteiger partial charge in [-0.15, -0.1) is 17.9 Å². The normalized spacial score (nSPS) is 20.0. The van der Waals surface area contributed by atoms with Gasteiger partial charge in [-0.1, -0.05) is 29.3 Å². The smallest absolute Gasteiger partial charge is 0.155 e. The minimum absolute atomic E-state index is 0.197.